The van der Waals surface area contributed by atoms with Crippen LogP contribution in [0, 0.1) is 6.92 Å². The highest BCUT2D eigenvalue weighted by molar-refractivity contribution is 5.25. The summed E-state index contributed by atoms with van der Waals surface area (Å²) in [4.78, 5) is 27.9. The molecule has 2 N–H and O–H groups in total. The van der Waals surface area contributed by atoms with Crippen molar-refractivity contribution < 1.29 is 9.84 Å². The third kappa shape index (κ3) is 1.53. The Morgan fingerprint density at radius 2 is 2.42 bits per heavy atom. The van der Waals surface area contributed by atoms with Crippen LogP contribution in [-0.4, -0.2) is 32.4 Å². The van der Waals surface area contributed by atoms with Gasteiger partial charge in [-0.2, -0.15) is 0 Å². The van der Waals surface area contributed by atoms with Crippen LogP contribution in [0.4, 0.5) is 0 Å². The van der Waals surface area contributed by atoms with Crippen LogP contribution in [-0.2, 0) is 4.74 Å². The first-order valence-corrected chi connectivity index (χ1v) is 5.71. The second-order valence-corrected chi connectivity index (χ2v) is 4.82. The number of H-pyrrole nitrogens is 1. The topological polar surface area (TPSA) is 133 Å². The molecule has 2 unspecified atom stereocenters. The Balaban J connectivity index is 1.96. The van der Waals surface area contributed by atoms with Crippen LogP contribution in [0.3, 0.4) is 0 Å². The van der Waals surface area contributed by atoms with Gasteiger partial charge in [-0.15, -0.1) is 0 Å². The zero-order valence-corrected chi connectivity index (χ0v) is 9.98. The number of nitrogens with zero attached hydrogens (tertiary/aromatic N) is 4. The smallest absolute Gasteiger partial charge is 0.330 e. The minimum absolute atomic E-state index is 0.203. The maximum atomic E-state index is 11.7. The summed E-state index contributed by atoms with van der Waals surface area (Å²) in [7, 11) is 0. The summed E-state index contributed by atoms with van der Waals surface area (Å²) in [6.07, 6.45) is -0.477. The summed E-state index contributed by atoms with van der Waals surface area (Å²) in [5, 5.41) is 13.2. The van der Waals surface area contributed by atoms with Crippen molar-refractivity contribution in [2.24, 2.45) is 5.11 Å². The van der Waals surface area contributed by atoms with Gasteiger partial charge in [0.15, 0.2) is 0 Å². The monoisotopic (exact) mass is 265 g/mol. The molecule has 0 bridgehead atoms. The predicted octanol–water partition coefficient (Wildman–Crippen LogP) is -0.444. The van der Waals surface area contributed by atoms with Crippen molar-refractivity contribution in [3.05, 3.63) is 43.0 Å². The first-order chi connectivity index (χ1) is 8.99. The zero-order valence-electron chi connectivity index (χ0n) is 9.98. The number of ether oxygens (including phenoxy) is 1. The minimum Gasteiger partial charge on any atom is -0.390 e. The van der Waals surface area contributed by atoms with Crippen LogP contribution in [0.1, 0.15) is 18.2 Å². The van der Waals surface area contributed by atoms with Crippen LogP contribution in [0.25, 0.3) is 10.4 Å². The van der Waals surface area contributed by atoms with E-state index in [0.29, 0.717) is 5.56 Å². The van der Waals surface area contributed by atoms with Crippen LogP contribution in [0.15, 0.2) is 20.9 Å². The van der Waals surface area contributed by atoms with Gasteiger partial charge in [0.25, 0.3) is 5.56 Å². The summed E-state index contributed by atoms with van der Waals surface area (Å²) in [6.45, 7) is 1.57. The molecule has 2 fully saturated rings. The van der Waals surface area contributed by atoms with Crippen molar-refractivity contribution in [2.75, 3.05) is 0 Å². The fourth-order valence-electron chi connectivity index (χ4n) is 2.50. The molecular formula is C10H11N5O4. The maximum Gasteiger partial charge on any atom is 0.330 e. The number of aliphatic hydroxyl groups excluding tert-OH is 1. The molecule has 3 rings (SSSR count). The number of aromatic nitrogens is 2. The third-order valence-electron chi connectivity index (χ3n) is 3.67. The van der Waals surface area contributed by atoms with E-state index in [4.69, 9.17) is 10.3 Å². The van der Waals surface area contributed by atoms with E-state index in [2.05, 4.69) is 15.0 Å². The van der Waals surface area contributed by atoms with Gasteiger partial charge in [0.05, 0.1) is 6.10 Å². The van der Waals surface area contributed by atoms with Crippen molar-refractivity contribution in [1.82, 2.24) is 9.55 Å². The summed E-state index contributed by atoms with van der Waals surface area (Å²) in [5.74, 6) is 0. The zero-order chi connectivity index (χ0) is 13.8. The highest BCUT2D eigenvalue weighted by Gasteiger charge is 2.71. The highest BCUT2D eigenvalue weighted by atomic mass is 16.5. The number of fused-ring (bicyclic) bond motifs is 1. The lowest BCUT2D eigenvalue weighted by atomic mass is 10.2. The SMILES string of the molecule is Cc1cn([C@H]2CC3(N=[N+]=[N-])C(O)[C@H]3O2)c(=O)[nH]c1=O. The molecule has 1 aromatic rings. The average molecular weight is 265 g/mol. The fraction of sp³-hybridized carbons (Fsp3) is 0.600. The van der Waals surface area contributed by atoms with Gasteiger partial charge in [0, 0.05) is 23.1 Å². The van der Waals surface area contributed by atoms with Crippen molar-refractivity contribution >= 4 is 0 Å². The standard InChI is InChI=1S/C10H11N5O4/c1-4-3-15(9(18)12-8(4)17)5-2-10(13-14-11)6(16)7(10)19-5/h3,5-7,16H,2H2,1H3,(H,12,17,18)/t5-,6?,7-,10?/m1/s1. The number of aryl methyl sites for hydroxylation is 1. The van der Waals surface area contributed by atoms with E-state index < -0.39 is 35.2 Å². The summed E-state index contributed by atoms with van der Waals surface area (Å²) < 4.78 is 6.73. The van der Waals surface area contributed by atoms with Crippen LogP contribution in [0.2, 0.25) is 0 Å². The lowest BCUT2D eigenvalue weighted by Gasteiger charge is -2.17. The van der Waals surface area contributed by atoms with E-state index in [1.54, 1.807) is 6.92 Å². The van der Waals surface area contributed by atoms with Crippen molar-refractivity contribution in [3.63, 3.8) is 0 Å². The van der Waals surface area contributed by atoms with E-state index in [1.165, 1.54) is 10.8 Å². The van der Waals surface area contributed by atoms with Gasteiger partial charge < -0.3 is 9.84 Å². The molecule has 2 aliphatic rings. The van der Waals surface area contributed by atoms with E-state index in [0.717, 1.165) is 0 Å². The van der Waals surface area contributed by atoms with Crippen LogP contribution in [0.5, 0.6) is 0 Å². The molecule has 1 aliphatic heterocycles. The Hall–Kier alpha value is -2.09. The molecule has 19 heavy (non-hydrogen) atoms. The molecule has 4 atom stereocenters. The second kappa shape index (κ2) is 3.70. The van der Waals surface area contributed by atoms with Crippen LogP contribution < -0.4 is 11.2 Å². The van der Waals surface area contributed by atoms with Gasteiger partial charge in [0.1, 0.15) is 17.9 Å². The number of aliphatic hydroxyl groups is 1. The van der Waals surface area contributed by atoms with Crippen LogP contribution >= 0.6 is 0 Å². The van der Waals surface area contributed by atoms with Gasteiger partial charge in [-0.3, -0.25) is 14.3 Å². The van der Waals surface area contributed by atoms with Gasteiger partial charge >= 0.3 is 5.69 Å². The average Bonchev–Trinajstić information content (AvgIpc) is 2.73. The molecule has 0 aromatic carbocycles. The molecular weight excluding hydrogens is 254 g/mol. The van der Waals surface area contributed by atoms with Gasteiger partial charge in [-0.25, -0.2) is 4.79 Å². The molecule has 1 saturated heterocycles. The molecule has 1 saturated carbocycles. The molecule has 0 amide bonds. The molecule has 0 spiro atoms. The number of aromatic amines is 1. The number of hydrogen-bond acceptors (Lipinski definition) is 5. The highest BCUT2D eigenvalue weighted by Crippen LogP contribution is 2.56. The largest absolute Gasteiger partial charge is 0.390 e. The number of hydrogen-bond donors (Lipinski definition) is 2. The minimum atomic E-state index is -0.983. The Morgan fingerprint density at radius 3 is 3.11 bits per heavy atom. The molecule has 100 valence electrons. The van der Waals surface area contributed by atoms with E-state index in [-0.39, 0.29) is 6.42 Å². The van der Waals surface area contributed by atoms with E-state index in [1.807, 2.05) is 0 Å². The Labute approximate surface area is 106 Å². The first-order valence-electron chi connectivity index (χ1n) is 5.71. The maximum absolute atomic E-state index is 11.7. The van der Waals surface area contributed by atoms with Crippen molar-refractivity contribution in [2.45, 2.75) is 37.3 Å². The predicted molar refractivity (Wildman–Crippen MR) is 62.5 cm³/mol. The normalized spacial score (nSPS) is 35.6. The van der Waals surface area contributed by atoms with Gasteiger partial charge in [-0.1, -0.05) is 5.11 Å². The third-order valence-corrected chi connectivity index (χ3v) is 3.67. The van der Waals surface area contributed by atoms with Gasteiger partial charge in [0.2, 0.25) is 0 Å². The lowest BCUT2D eigenvalue weighted by molar-refractivity contribution is -0.0118. The first kappa shape index (κ1) is 12.0. The summed E-state index contributed by atoms with van der Waals surface area (Å²) in [6, 6.07) is 0. The Kier molecular flexibility index (Phi) is 2.33. The number of rotatable bonds is 2. The lowest BCUT2D eigenvalue weighted by Crippen LogP contribution is -2.34. The van der Waals surface area contributed by atoms with Crippen molar-refractivity contribution in [3.8, 4) is 0 Å². The molecule has 1 aliphatic carbocycles. The second-order valence-electron chi connectivity index (χ2n) is 4.82. The summed E-state index contributed by atoms with van der Waals surface area (Å²) in [5.41, 5.74) is 6.86. The molecule has 9 nitrogen and oxygen atoms in total. The van der Waals surface area contributed by atoms with Gasteiger partial charge in [-0.05, 0) is 12.5 Å². The van der Waals surface area contributed by atoms with E-state index in [9.17, 15) is 14.7 Å². The Bertz CT molecular complexity index is 703. The number of azide groups is 1. The molecule has 2 heterocycles. The number of nitrogens with one attached hydrogen (secondary N) is 1. The molecule has 0 radical (unpaired) electrons. The molecule has 1 aromatic heterocycles. The molecule has 9 heteroatoms. The van der Waals surface area contributed by atoms with Crippen molar-refractivity contribution in [1.29, 1.82) is 0 Å². The summed E-state index contributed by atoms with van der Waals surface area (Å²) >= 11 is 0. The Morgan fingerprint density at radius 1 is 1.68 bits per heavy atom. The fourth-order valence-corrected chi connectivity index (χ4v) is 2.50. The van der Waals surface area contributed by atoms with E-state index >= 15 is 0 Å². The quantitative estimate of drug-likeness (QED) is 0.425.